The molecule has 0 bridgehead atoms. The molecule has 63 heavy (non-hydrogen) atoms. The number of nitrogens with zero attached hydrogens (tertiary/aromatic N) is 9. The minimum absolute atomic E-state index is 0.0247. The normalized spacial score (nSPS) is 11.3. The van der Waals surface area contributed by atoms with Gasteiger partial charge in [-0.1, -0.05) is 54.6 Å². The Labute approximate surface area is 351 Å². The van der Waals surface area contributed by atoms with E-state index in [1.807, 2.05) is 0 Å². The van der Waals surface area contributed by atoms with E-state index in [-0.39, 0.29) is 67.3 Å². The number of aromatic nitrogens is 6. The van der Waals surface area contributed by atoms with Crippen LogP contribution in [0.2, 0.25) is 0 Å². The lowest BCUT2D eigenvalue weighted by atomic mass is 10.1. The molecule has 0 N–H and O–H groups in total. The first-order valence-electron chi connectivity index (χ1n) is 18.9. The second-order valence-corrected chi connectivity index (χ2v) is 14.2. The highest BCUT2D eigenvalue weighted by molar-refractivity contribution is 6.22. The Kier molecular flexibility index (Phi) is 8.87. The monoisotopic (exact) mass is 837 g/mol. The Hall–Kier alpha value is -9.00. The third-order valence-corrected chi connectivity index (χ3v) is 10.5. The topological polar surface area (TPSA) is 125 Å². The molecular weight excluding hydrogens is 817 g/mol. The van der Waals surface area contributed by atoms with Crippen LogP contribution in [0.5, 0.6) is 0 Å². The van der Waals surface area contributed by atoms with Gasteiger partial charge in [0.1, 0.15) is 68.0 Å². The van der Waals surface area contributed by atoms with Crippen LogP contribution >= 0.6 is 0 Å². The summed E-state index contributed by atoms with van der Waals surface area (Å²) in [7, 11) is 0. The Morgan fingerprint density at radius 2 is 0.571 bits per heavy atom. The molecule has 3 heterocycles. The molecule has 15 heteroatoms. The van der Waals surface area contributed by atoms with E-state index in [2.05, 4.69) is 0 Å². The molecule has 0 fully saturated rings. The first-order chi connectivity index (χ1) is 30.6. The first-order valence-corrected chi connectivity index (χ1v) is 18.9. The lowest BCUT2D eigenvalue weighted by Crippen LogP contribution is -2.02. The fourth-order valence-electron chi connectivity index (χ4n) is 7.95. The highest BCUT2D eigenvalue weighted by atomic mass is 19.2. The van der Waals surface area contributed by atoms with Crippen LogP contribution in [0.3, 0.4) is 0 Å². The molecule has 0 atom stereocenters. The molecule has 3 aromatic heterocycles. The second-order valence-electron chi connectivity index (χ2n) is 14.2. The highest BCUT2D eigenvalue weighted by Gasteiger charge is 2.34. The average molecular weight is 838 g/mol. The maximum absolute atomic E-state index is 16.3. The Morgan fingerprint density at radius 1 is 0.349 bits per heavy atom. The Bertz CT molecular complexity index is 3190. The van der Waals surface area contributed by atoms with Gasteiger partial charge >= 0.3 is 0 Å². The van der Waals surface area contributed by atoms with E-state index in [4.69, 9.17) is 15.0 Å². The lowest BCUT2D eigenvalue weighted by Gasteiger charge is -2.13. The van der Waals surface area contributed by atoms with Gasteiger partial charge in [0.25, 0.3) is 0 Å². The number of hydrogen-bond acceptors (Lipinski definition) is 6. The van der Waals surface area contributed by atoms with Gasteiger partial charge in [-0.3, -0.25) is 13.7 Å². The number of imidazole rings is 3. The zero-order valence-corrected chi connectivity index (χ0v) is 31.9. The first kappa shape index (κ1) is 38.2. The van der Waals surface area contributed by atoms with E-state index in [0.29, 0.717) is 17.1 Å². The standard InChI is InChI=1S/C48H21F6N9/c49-31-16-25(22-55)17-32(50)37(31)46-58-40-43(61(46)28-10-4-1-5-11-28)41-45(63(30-14-8-3-9-15-30)47(59-41)38-33(51)18-26(23-56)19-34(38)52)42-44(40)62(29-12-6-2-7-13-29)48(60-42)39-35(53)20-27(24-57)21-36(39)54/h1-21H. The molecule has 0 aliphatic heterocycles. The van der Waals surface area contributed by atoms with Crippen molar-refractivity contribution in [2.24, 2.45) is 0 Å². The summed E-state index contributed by atoms with van der Waals surface area (Å²) in [6.07, 6.45) is 0. The molecule has 0 aliphatic rings. The van der Waals surface area contributed by atoms with Crippen LogP contribution in [0.25, 0.3) is 84.3 Å². The van der Waals surface area contributed by atoms with Gasteiger partial charge in [0.2, 0.25) is 0 Å². The number of nitriles is 3. The summed E-state index contributed by atoms with van der Waals surface area (Å²) in [5, 5.41) is 28.7. The zero-order valence-electron chi connectivity index (χ0n) is 31.9. The molecule has 0 radical (unpaired) electrons. The summed E-state index contributed by atoms with van der Waals surface area (Å²) < 4.78 is 102. The predicted octanol–water partition coefficient (Wildman–Crippen LogP) is 11.2. The summed E-state index contributed by atoms with van der Waals surface area (Å²) in [5.74, 6) is -7.92. The minimum Gasteiger partial charge on any atom is -0.290 e. The van der Waals surface area contributed by atoms with Crippen molar-refractivity contribution in [2.45, 2.75) is 0 Å². The predicted molar refractivity (Wildman–Crippen MR) is 221 cm³/mol. The lowest BCUT2D eigenvalue weighted by molar-refractivity contribution is 0.585. The summed E-state index contributed by atoms with van der Waals surface area (Å²) in [4.78, 5) is 14.7. The number of halogens is 6. The van der Waals surface area contributed by atoms with Crippen molar-refractivity contribution >= 4 is 33.1 Å². The van der Waals surface area contributed by atoms with Gasteiger partial charge in [-0.05, 0) is 72.8 Å². The number of hydrogen-bond donors (Lipinski definition) is 0. The molecule has 10 rings (SSSR count). The van der Waals surface area contributed by atoms with Crippen molar-refractivity contribution < 1.29 is 26.3 Å². The maximum Gasteiger partial charge on any atom is 0.151 e. The molecule has 9 nitrogen and oxygen atoms in total. The van der Waals surface area contributed by atoms with E-state index < -0.39 is 51.6 Å². The third-order valence-electron chi connectivity index (χ3n) is 10.5. The number of fused-ring (bicyclic) bond motifs is 6. The molecule has 0 saturated carbocycles. The van der Waals surface area contributed by atoms with Gasteiger partial charge in [-0.2, -0.15) is 15.8 Å². The van der Waals surface area contributed by atoms with E-state index in [0.717, 1.165) is 36.4 Å². The van der Waals surface area contributed by atoms with Crippen LogP contribution in [0, 0.1) is 68.9 Å². The summed E-state index contributed by atoms with van der Waals surface area (Å²) in [5.41, 5.74) is -2.14. The van der Waals surface area contributed by atoms with Crippen LogP contribution in [-0.2, 0) is 0 Å². The molecule has 300 valence electrons. The highest BCUT2D eigenvalue weighted by Crippen LogP contribution is 2.46. The van der Waals surface area contributed by atoms with Gasteiger partial charge in [-0.25, -0.2) is 41.3 Å². The van der Waals surface area contributed by atoms with Crippen molar-refractivity contribution in [3.05, 3.63) is 179 Å². The Morgan fingerprint density at radius 3 is 0.778 bits per heavy atom. The molecule has 0 unspecified atom stereocenters. The summed E-state index contributed by atoms with van der Waals surface area (Å²) in [6, 6.07) is 35.1. The molecule has 10 aromatic rings. The van der Waals surface area contributed by atoms with Gasteiger partial charge in [0.15, 0.2) is 17.5 Å². The number of para-hydroxylation sites is 3. The van der Waals surface area contributed by atoms with E-state index in [9.17, 15) is 15.8 Å². The van der Waals surface area contributed by atoms with Gasteiger partial charge < -0.3 is 0 Å². The van der Waals surface area contributed by atoms with E-state index in [1.165, 1.54) is 13.7 Å². The van der Waals surface area contributed by atoms with E-state index in [1.54, 1.807) is 109 Å². The van der Waals surface area contributed by atoms with Crippen molar-refractivity contribution in [1.29, 1.82) is 15.8 Å². The van der Waals surface area contributed by atoms with Crippen molar-refractivity contribution in [2.75, 3.05) is 0 Å². The average Bonchev–Trinajstić information content (AvgIpc) is 3.99. The maximum atomic E-state index is 16.3. The molecule has 7 aromatic carbocycles. The van der Waals surface area contributed by atoms with Crippen LogP contribution in [0.15, 0.2) is 127 Å². The smallest absolute Gasteiger partial charge is 0.151 e. The number of rotatable bonds is 6. The largest absolute Gasteiger partial charge is 0.290 e. The fraction of sp³-hybridized carbons (Fsp3) is 0. The quantitative estimate of drug-likeness (QED) is 0.154. The van der Waals surface area contributed by atoms with Gasteiger partial charge in [0.05, 0.1) is 51.6 Å². The van der Waals surface area contributed by atoms with Crippen molar-refractivity contribution in [1.82, 2.24) is 28.7 Å². The number of benzene rings is 7. The fourth-order valence-corrected chi connectivity index (χ4v) is 7.95. The molecular formula is C48H21F6N9. The van der Waals surface area contributed by atoms with Crippen molar-refractivity contribution in [3.63, 3.8) is 0 Å². The third kappa shape index (κ3) is 5.89. The molecule has 0 aliphatic carbocycles. The van der Waals surface area contributed by atoms with Crippen LogP contribution in [0.4, 0.5) is 26.3 Å². The van der Waals surface area contributed by atoms with Crippen LogP contribution in [0.1, 0.15) is 16.7 Å². The second kappa shape index (κ2) is 14.6. The molecule has 0 spiro atoms. The van der Waals surface area contributed by atoms with Crippen LogP contribution in [-0.4, -0.2) is 28.7 Å². The van der Waals surface area contributed by atoms with Crippen molar-refractivity contribution in [3.8, 4) is 69.4 Å². The molecule has 0 saturated heterocycles. The van der Waals surface area contributed by atoms with Crippen LogP contribution < -0.4 is 0 Å². The summed E-state index contributed by atoms with van der Waals surface area (Å²) >= 11 is 0. The van der Waals surface area contributed by atoms with Gasteiger partial charge in [0, 0.05) is 17.1 Å². The van der Waals surface area contributed by atoms with Gasteiger partial charge in [-0.15, -0.1) is 0 Å². The zero-order chi connectivity index (χ0) is 43.7. The SMILES string of the molecule is N#Cc1cc(F)c(-c2nc3c(c4nc(-c5c(F)cc(C#N)cc5F)n(-c5ccccc5)c4c4nc(-c5c(F)cc(C#N)cc5F)n(-c5ccccc5)c34)n2-c2ccccc2)c(F)c1. The van der Waals surface area contributed by atoms with E-state index >= 15 is 26.3 Å². The Balaban J connectivity index is 1.53. The summed E-state index contributed by atoms with van der Waals surface area (Å²) in [6.45, 7) is 0. The molecule has 0 amide bonds. The minimum atomic E-state index is -1.15.